The Bertz CT molecular complexity index is 1310. The van der Waals surface area contributed by atoms with Crippen molar-refractivity contribution >= 4 is 40.5 Å². The number of nitrogens with zero attached hydrogens (tertiary/aromatic N) is 1. The minimum atomic E-state index is -1.28. The molecule has 3 aliphatic rings. The molecule has 3 fully saturated rings. The maximum atomic E-state index is 13.6. The molecule has 42 heavy (non-hydrogen) atoms. The third-order valence-corrected chi connectivity index (χ3v) is 9.39. The maximum Gasteiger partial charge on any atom is 0.326 e. The molecule has 5 N–H and O–H groups in total. The number of hydrogen-bond acceptors (Lipinski definition) is 5. The van der Waals surface area contributed by atoms with Crippen molar-refractivity contribution in [2.24, 2.45) is 11.8 Å². The average molecular weight is 580 g/mol. The molecule has 2 aromatic rings. The Hall–Kier alpha value is -3.89. The molecular weight excluding hydrogens is 538 g/mol. The Kier molecular flexibility index (Phi) is 8.84. The first-order chi connectivity index (χ1) is 20.1. The van der Waals surface area contributed by atoms with Gasteiger partial charge in [-0.05, 0) is 50.2 Å². The zero-order chi connectivity index (χ0) is 29.9. The Balaban J connectivity index is 1.26. The highest BCUT2D eigenvalue weighted by atomic mass is 16.4. The summed E-state index contributed by atoms with van der Waals surface area (Å²) in [6.45, 7) is 2.61. The number of carboxylic acid groups (broad SMARTS) is 1. The first-order valence-electron chi connectivity index (χ1n) is 15.1. The fraction of sp³-hybridized carbons (Fsp3) is 0.581. The number of aromatic nitrogens is 1. The van der Waals surface area contributed by atoms with E-state index in [0.717, 1.165) is 43.0 Å². The zero-order valence-corrected chi connectivity index (χ0v) is 24.1. The van der Waals surface area contributed by atoms with Crippen LogP contribution in [0.1, 0.15) is 81.6 Å². The third-order valence-electron chi connectivity index (χ3n) is 9.39. The van der Waals surface area contributed by atoms with Crippen LogP contribution in [0.3, 0.4) is 0 Å². The van der Waals surface area contributed by atoms with E-state index in [-0.39, 0.29) is 24.2 Å². The van der Waals surface area contributed by atoms with Gasteiger partial charge in [0.05, 0.1) is 0 Å². The van der Waals surface area contributed by atoms with Gasteiger partial charge >= 0.3 is 5.97 Å². The summed E-state index contributed by atoms with van der Waals surface area (Å²) in [5, 5.41) is 19.5. The lowest BCUT2D eigenvalue weighted by Crippen LogP contribution is -2.53. The second-order valence-electron chi connectivity index (χ2n) is 12.3. The zero-order valence-electron chi connectivity index (χ0n) is 24.1. The molecule has 0 unspecified atom stereocenters. The topological polar surface area (TPSA) is 161 Å². The highest BCUT2D eigenvalue weighted by Gasteiger charge is 2.47. The van der Waals surface area contributed by atoms with E-state index in [1.54, 1.807) is 11.0 Å². The van der Waals surface area contributed by atoms with Crippen molar-refractivity contribution in [3.8, 4) is 0 Å². The standard InChI is InChI=1S/C31H41N5O6/c1-19(37)36-13-11-31(12-14-36)18-22(27(38)35-31)17-26(30(41)42)34-28(39)24(15-20-7-3-2-4-8-20)33-29(40)25-16-21-9-5-6-10-23(21)32-25/h5-6,9-10,16,20,22,24,26,32H,2-4,7-8,11-15,17-18H2,1H3,(H,33,40)(H,34,39)(H,35,38)(H,41,42)/t22-,24+,26+/m1/s1. The van der Waals surface area contributed by atoms with Crippen molar-refractivity contribution in [2.75, 3.05) is 13.1 Å². The highest BCUT2D eigenvalue weighted by Crippen LogP contribution is 2.36. The molecule has 1 saturated carbocycles. The maximum absolute atomic E-state index is 13.6. The number of hydrogen-bond donors (Lipinski definition) is 5. The second-order valence-corrected chi connectivity index (χ2v) is 12.3. The van der Waals surface area contributed by atoms with E-state index in [1.165, 1.54) is 6.92 Å². The van der Waals surface area contributed by atoms with Gasteiger partial charge < -0.3 is 30.9 Å². The number of aromatic amines is 1. The predicted octanol–water partition coefficient (Wildman–Crippen LogP) is 2.71. The number of piperidine rings is 1. The van der Waals surface area contributed by atoms with Crippen LogP contribution in [0.25, 0.3) is 10.9 Å². The molecule has 11 nitrogen and oxygen atoms in total. The number of nitrogens with one attached hydrogen (secondary N) is 4. The van der Waals surface area contributed by atoms with Crippen LogP contribution in [0, 0.1) is 11.8 Å². The molecule has 0 radical (unpaired) electrons. The number of amides is 4. The van der Waals surface area contributed by atoms with E-state index < -0.39 is 41.3 Å². The van der Waals surface area contributed by atoms with Crippen molar-refractivity contribution in [1.29, 1.82) is 0 Å². The van der Waals surface area contributed by atoms with E-state index in [1.807, 2.05) is 24.3 Å². The monoisotopic (exact) mass is 579 g/mol. The van der Waals surface area contributed by atoms with Crippen LogP contribution in [0.15, 0.2) is 30.3 Å². The number of carbonyl (C=O) groups excluding carboxylic acids is 4. The van der Waals surface area contributed by atoms with Crippen molar-refractivity contribution in [1.82, 2.24) is 25.8 Å². The molecule has 1 aliphatic carbocycles. The summed E-state index contributed by atoms with van der Waals surface area (Å²) >= 11 is 0. The van der Waals surface area contributed by atoms with Gasteiger partial charge in [-0.1, -0.05) is 50.3 Å². The molecule has 1 aromatic heterocycles. The van der Waals surface area contributed by atoms with Gasteiger partial charge in [0.25, 0.3) is 5.91 Å². The summed E-state index contributed by atoms with van der Waals surface area (Å²) in [6.07, 6.45) is 7.25. The van der Waals surface area contributed by atoms with Crippen molar-refractivity contribution in [3.63, 3.8) is 0 Å². The van der Waals surface area contributed by atoms with Crippen molar-refractivity contribution in [3.05, 3.63) is 36.0 Å². The largest absolute Gasteiger partial charge is 0.480 e. The van der Waals surface area contributed by atoms with Crippen LogP contribution in [-0.4, -0.2) is 75.3 Å². The SMILES string of the molecule is CC(=O)N1CCC2(CC1)C[C@@H](C[C@H](NC(=O)[C@H](CC1CCCCC1)NC(=O)c1cc3ccccc3[nH]1)C(=O)O)C(=O)N2. The minimum absolute atomic E-state index is 0.00112. The quantitative estimate of drug-likeness (QED) is 0.307. The van der Waals surface area contributed by atoms with Gasteiger partial charge in [-0.15, -0.1) is 0 Å². The van der Waals surface area contributed by atoms with E-state index >= 15 is 0 Å². The summed E-state index contributed by atoms with van der Waals surface area (Å²) in [4.78, 5) is 68.6. The van der Waals surface area contributed by atoms with Crippen LogP contribution >= 0.6 is 0 Å². The average Bonchev–Trinajstić information content (AvgIpc) is 3.53. The van der Waals surface area contributed by atoms with Crippen LogP contribution < -0.4 is 16.0 Å². The predicted molar refractivity (Wildman–Crippen MR) is 155 cm³/mol. The van der Waals surface area contributed by atoms with Gasteiger partial charge in [0, 0.05) is 42.4 Å². The molecule has 1 spiro atoms. The van der Waals surface area contributed by atoms with Crippen LogP contribution in [0.2, 0.25) is 0 Å². The van der Waals surface area contributed by atoms with Gasteiger partial charge in [0.1, 0.15) is 17.8 Å². The number of H-pyrrole nitrogens is 1. The number of fused-ring (bicyclic) bond motifs is 1. The molecule has 1 aromatic carbocycles. The van der Waals surface area contributed by atoms with Gasteiger partial charge in [0.2, 0.25) is 17.7 Å². The molecule has 226 valence electrons. The summed E-state index contributed by atoms with van der Waals surface area (Å²) in [6, 6.07) is 7.05. The van der Waals surface area contributed by atoms with Crippen LogP contribution in [0.4, 0.5) is 0 Å². The van der Waals surface area contributed by atoms with E-state index in [0.29, 0.717) is 44.5 Å². The lowest BCUT2D eigenvalue weighted by Gasteiger charge is -2.39. The molecule has 0 bridgehead atoms. The molecule has 4 amide bonds. The Morgan fingerprint density at radius 3 is 2.40 bits per heavy atom. The second kappa shape index (κ2) is 12.5. The molecular formula is C31H41N5O6. The van der Waals surface area contributed by atoms with Gasteiger partial charge in [-0.25, -0.2) is 4.79 Å². The number of carbonyl (C=O) groups is 5. The Labute approximate surface area is 245 Å². The van der Waals surface area contributed by atoms with Gasteiger partial charge in [0.15, 0.2) is 0 Å². The smallest absolute Gasteiger partial charge is 0.326 e. The van der Waals surface area contributed by atoms with Gasteiger partial charge in [-0.3, -0.25) is 19.2 Å². The summed E-state index contributed by atoms with van der Waals surface area (Å²) in [7, 11) is 0. The number of carboxylic acids is 1. The lowest BCUT2D eigenvalue weighted by atomic mass is 9.82. The number of likely N-dealkylation sites (tertiary alicyclic amines) is 1. The Morgan fingerprint density at radius 2 is 1.74 bits per heavy atom. The molecule has 3 atom stereocenters. The number of benzene rings is 1. The normalized spacial score (nSPS) is 22.0. The fourth-order valence-corrected chi connectivity index (χ4v) is 6.95. The number of aliphatic carboxylic acids is 1. The van der Waals surface area contributed by atoms with E-state index in [9.17, 15) is 29.1 Å². The minimum Gasteiger partial charge on any atom is -0.480 e. The van der Waals surface area contributed by atoms with E-state index in [4.69, 9.17) is 0 Å². The summed E-state index contributed by atoms with van der Waals surface area (Å²) in [5.41, 5.74) is 0.676. The first kappa shape index (κ1) is 29.6. The Morgan fingerprint density at radius 1 is 1.02 bits per heavy atom. The highest BCUT2D eigenvalue weighted by molar-refractivity contribution is 6.00. The molecule has 5 rings (SSSR count). The fourth-order valence-electron chi connectivity index (χ4n) is 6.95. The van der Waals surface area contributed by atoms with Crippen molar-refractivity contribution < 1.29 is 29.1 Å². The molecule has 2 saturated heterocycles. The first-order valence-corrected chi connectivity index (χ1v) is 15.1. The molecule has 11 heteroatoms. The molecule has 3 heterocycles. The van der Waals surface area contributed by atoms with Gasteiger partial charge in [-0.2, -0.15) is 0 Å². The van der Waals surface area contributed by atoms with E-state index in [2.05, 4.69) is 20.9 Å². The van der Waals surface area contributed by atoms with Crippen molar-refractivity contribution in [2.45, 2.75) is 88.8 Å². The lowest BCUT2D eigenvalue weighted by molar-refractivity contribution is -0.143. The third kappa shape index (κ3) is 6.77. The molecule has 2 aliphatic heterocycles. The van der Waals surface area contributed by atoms with Crippen LogP contribution in [-0.2, 0) is 19.2 Å². The number of para-hydroxylation sites is 1. The van der Waals surface area contributed by atoms with Crippen LogP contribution in [0.5, 0.6) is 0 Å². The summed E-state index contributed by atoms with van der Waals surface area (Å²) < 4.78 is 0. The summed E-state index contributed by atoms with van der Waals surface area (Å²) in [5.74, 6) is -2.75. The number of rotatable bonds is 9.